The Bertz CT molecular complexity index is 1080. The monoisotopic (exact) mass is 383 g/mol. The largest absolute Gasteiger partial charge is 0.508 e. The van der Waals surface area contributed by atoms with Gasteiger partial charge in [0.15, 0.2) is 0 Å². The summed E-state index contributed by atoms with van der Waals surface area (Å²) in [7, 11) is 1.64. The molecule has 0 amide bonds. The van der Waals surface area contributed by atoms with Crippen molar-refractivity contribution in [3.8, 4) is 22.6 Å². The third-order valence-corrected chi connectivity index (χ3v) is 4.96. The predicted octanol–water partition coefficient (Wildman–Crippen LogP) is 5.47. The topological polar surface area (TPSA) is 67.3 Å². The van der Waals surface area contributed by atoms with Crippen LogP contribution in [0.25, 0.3) is 21.3 Å². The predicted molar refractivity (Wildman–Crippen MR) is 106 cm³/mol. The van der Waals surface area contributed by atoms with Gasteiger partial charge in [-0.3, -0.25) is 0 Å². The highest BCUT2D eigenvalue weighted by molar-refractivity contribution is 7.17. The van der Waals surface area contributed by atoms with Crippen molar-refractivity contribution in [1.82, 2.24) is 9.97 Å². The molecule has 0 saturated heterocycles. The van der Waals surface area contributed by atoms with Gasteiger partial charge < -0.3 is 15.2 Å². The Hall–Kier alpha value is -2.83. The highest BCUT2D eigenvalue weighted by atomic mass is 35.5. The van der Waals surface area contributed by atoms with Crippen LogP contribution in [-0.2, 0) is 0 Å². The summed E-state index contributed by atoms with van der Waals surface area (Å²) in [4.78, 5) is 9.49. The van der Waals surface area contributed by atoms with Gasteiger partial charge >= 0.3 is 0 Å². The molecule has 0 atom stereocenters. The van der Waals surface area contributed by atoms with Gasteiger partial charge in [0, 0.05) is 22.7 Å². The number of hydrogen-bond donors (Lipinski definition) is 2. The summed E-state index contributed by atoms with van der Waals surface area (Å²) >= 11 is 7.60. The number of thiophene rings is 1. The van der Waals surface area contributed by atoms with E-state index in [0.717, 1.165) is 27.1 Å². The van der Waals surface area contributed by atoms with Crippen LogP contribution in [0.4, 0.5) is 11.5 Å². The van der Waals surface area contributed by atoms with Crippen LogP contribution in [0.15, 0.2) is 53.9 Å². The van der Waals surface area contributed by atoms with Crippen LogP contribution < -0.4 is 10.1 Å². The number of aromatic nitrogens is 2. The number of phenolic OH excluding ortho intramolecular Hbond substituents is 1. The van der Waals surface area contributed by atoms with E-state index in [1.807, 2.05) is 35.7 Å². The third kappa shape index (κ3) is 3.16. The van der Waals surface area contributed by atoms with Crippen LogP contribution in [0.5, 0.6) is 11.5 Å². The molecular formula is C19H14ClN3O2S. The number of phenols is 1. The van der Waals surface area contributed by atoms with E-state index in [1.54, 1.807) is 25.3 Å². The molecule has 0 unspecified atom stereocenters. The van der Waals surface area contributed by atoms with Crippen LogP contribution in [0, 0.1) is 0 Å². The molecule has 0 bridgehead atoms. The van der Waals surface area contributed by atoms with Crippen LogP contribution in [-0.4, -0.2) is 22.2 Å². The second-order valence-corrected chi connectivity index (χ2v) is 6.77. The fraction of sp³-hybridized carbons (Fsp3) is 0.0526. The molecule has 0 aliphatic heterocycles. The Morgan fingerprint density at radius 1 is 1.12 bits per heavy atom. The maximum Gasteiger partial charge on any atom is 0.225 e. The Balaban J connectivity index is 1.84. The third-order valence-electron chi connectivity index (χ3n) is 3.92. The van der Waals surface area contributed by atoms with Crippen molar-refractivity contribution in [3.63, 3.8) is 0 Å². The maximum absolute atomic E-state index is 9.69. The van der Waals surface area contributed by atoms with E-state index in [2.05, 4.69) is 15.3 Å². The van der Waals surface area contributed by atoms with E-state index in [9.17, 15) is 5.11 Å². The number of methoxy groups -OCH3 is 1. The Kier molecular flexibility index (Phi) is 4.36. The van der Waals surface area contributed by atoms with Gasteiger partial charge in [0.05, 0.1) is 12.5 Å². The normalized spacial score (nSPS) is 10.8. The van der Waals surface area contributed by atoms with Gasteiger partial charge in [-0.2, -0.15) is 4.98 Å². The number of hydrogen-bond acceptors (Lipinski definition) is 6. The Morgan fingerprint density at radius 2 is 1.92 bits per heavy atom. The first-order chi connectivity index (χ1) is 12.6. The molecule has 5 nitrogen and oxygen atoms in total. The zero-order chi connectivity index (χ0) is 18.1. The minimum atomic E-state index is 0.170. The van der Waals surface area contributed by atoms with E-state index in [0.29, 0.717) is 11.5 Å². The van der Waals surface area contributed by atoms with E-state index < -0.39 is 0 Å². The van der Waals surface area contributed by atoms with Gasteiger partial charge in [-0.05, 0) is 41.4 Å². The molecule has 0 radical (unpaired) electrons. The quantitative estimate of drug-likeness (QED) is 0.457. The summed E-state index contributed by atoms with van der Waals surface area (Å²) in [5.41, 5.74) is 2.75. The first-order valence-electron chi connectivity index (χ1n) is 7.79. The molecule has 0 aliphatic rings. The van der Waals surface area contributed by atoms with Crippen molar-refractivity contribution in [3.05, 3.63) is 59.2 Å². The van der Waals surface area contributed by atoms with E-state index in [1.165, 1.54) is 11.3 Å². The number of benzene rings is 2. The van der Waals surface area contributed by atoms with Crippen LogP contribution >= 0.6 is 22.9 Å². The highest BCUT2D eigenvalue weighted by Crippen LogP contribution is 2.39. The number of rotatable bonds is 4. The molecule has 130 valence electrons. The lowest BCUT2D eigenvalue weighted by atomic mass is 10.1. The van der Waals surface area contributed by atoms with Crippen molar-refractivity contribution in [2.24, 2.45) is 0 Å². The van der Waals surface area contributed by atoms with Crippen molar-refractivity contribution < 1.29 is 9.84 Å². The molecule has 4 aromatic rings. The minimum absolute atomic E-state index is 0.170. The smallest absolute Gasteiger partial charge is 0.225 e. The van der Waals surface area contributed by atoms with Crippen LogP contribution in [0.3, 0.4) is 0 Å². The fourth-order valence-electron chi connectivity index (χ4n) is 2.71. The lowest BCUT2D eigenvalue weighted by molar-refractivity contribution is 0.415. The Labute approximate surface area is 158 Å². The molecule has 2 aromatic heterocycles. The zero-order valence-electron chi connectivity index (χ0n) is 13.7. The molecule has 2 heterocycles. The number of aromatic hydroxyl groups is 1. The molecule has 2 N–H and O–H groups in total. The van der Waals surface area contributed by atoms with Crippen molar-refractivity contribution in [1.29, 1.82) is 0 Å². The molecule has 0 aliphatic carbocycles. The van der Waals surface area contributed by atoms with Gasteiger partial charge in [-0.15, -0.1) is 11.3 Å². The molecule has 4 rings (SSSR count). The van der Waals surface area contributed by atoms with Gasteiger partial charge in [0.2, 0.25) is 5.28 Å². The number of nitrogens with one attached hydrogen (secondary N) is 1. The fourth-order valence-corrected chi connectivity index (χ4v) is 3.88. The molecular weight excluding hydrogens is 370 g/mol. The second-order valence-electron chi connectivity index (χ2n) is 5.57. The number of fused-ring (bicyclic) bond motifs is 1. The zero-order valence-corrected chi connectivity index (χ0v) is 15.3. The first kappa shape index (κ1) is 16.6. The second kappa shape index (κ2) is 6.82. The molecule has 0 spiro atoms. The molecule has 2 aromatic carbocycles. The molecule has 0 saturated carbocycles. The molecule has 7 heteroatoms. The number of ether oxygens (including phenoxy) is 1. The summed E-state index contributed by atoms with van der Waals surface area (Å²) in [6.07, 6.45) is 0. The highest BCUT2D eigenvalue weighted by Gasteiger charge is 2.15. The summed E-state index contributed by atoms with van der Waals surface area (Å²) in [6, 6.07) is 14.7. The van der Waals surface area contributed by atoms with Gasteiger partial charge in [-0.25, -0.2) is 4.98 Å². The average Bonchev–Trinajstić information content (AvgIpc) is 3.06. The van der Waals surface area contributed by atoms with Gasteiger partial charge in [0.25, 0.3) is 0 Å². The van der Waals surface area contributed by atoms with Gasteiger partial charge in [0.1, 0.15) is 22.1 Å². The SMILES string of the molecule is COc1ccc(-c2csc3nc(Cl)nc(Nc4cccc(O)c4)c23)cc1. The summed E-state index contributed by atoms with van der Waals surface area (Å²) in [5.74, 6) is 1.57. The van der Waals surface area contributed by atoms with Crippen LogP contribution in [0.1, 0.15) is 0 Å². The van der Waals surface area contributed by atoms with Crippen LogP contribution in [0.2, 0.25) is 5.28 Å². The number of anilines is 2. The van der Waals surface area contributed by atoms with Crippen molar-refractivity contribution >= 4 is 44.7 Å². The number of nitrogens with zero attached hydrogens (tertiary/aromatic N) is 2. The van der Waals surface area contributed by atoms with Gasteiger partial charge in [-0.1, -0.05) is 18.2 Å². The van der Waals surface area contributed by atoms with E-state index >= 15 is 0 Å². The number of halogens is 1. The lowest BCUT2D eigenvalue weighted by Gasteiger charge is -2.10. The Morgan fingerprint density at radius 3 is 2.65 bits per heavy atom. The lowest BCUT2D eigenvalue weighted by Crippen LogP contribution is -1.96. The summed E-state index contributed by atoms with van der Waals surface area (Å²) in [6.45, 7) is 0. The molecule has 0 fully saturated rings. The van der Waals surface area contributed by atoms with Crippen molar-refractivity contribution in [2.75, 3.05) is 12.4 Å². The van der Waals surface area contributed by atoms with E-state index in [-0.39, 0.29) is 11.0 Å². The van der Waals surface area contributed by atoms with E-state index in [4.69, 9.17) is 16.3 Å². The standard InChI is InChI=1S/C19H14ClN3O2S/c1-25-14-7-5-11(6-8-14)15-10-26-18-16(15)17(22-19(20)23-18)21-12-3-2-4-13(24)9-12/h2-10,24H,1H3,(H,21,22,23). The molecule has 26 heavy (non-hydrogen) atoms. The maximum atomic E-state index is 9.69. The summed E-state index contributed by atoms with van der Waals surface area (Å²) in [5, 5.41) is 16.0. The van der Waals surface area contributed by atoms with Crippen molar-refractivity contribution in [2.45, 2.75) is 0 Å². The first-order valence-corrected chi connectivity index (χ1v) is 9.05. The average molecular weight is 384 g/mol. The summed E-state index contributed by atoms with van der Waals surface area (Å²) < 4.78 is 5.23. The minimum Gasteiger partial charge on any atom is -0.508 e.